The summed E-state index contributed by atoms with van der Waals surface area (Å²) in [6.07, 6.45) is 0. The van der Waals surface area contributed by atoms with Crippen LogP contribution in [0.4, 0.5) is 0 Å². The van der Waals surface area contributed by atoms with E-state index in [0.29, 0.717) is 11.1 Å². The first-order valence-electron chi connectivity index (χ1n) is 8.08. The summed E-state index contributed by atoms with van der Waals surface area (Å²) in [6.45, 7) is -0.389. The number of carbonyl (C=O) groups is 3. The smallest absolute Gasteiger partial charge is 0.338 e. The maximum atomic E-state index is 12.4. The number of esters is 1. The summed E-state index contributed by atoms with van der Waals surface area (Å²) in [5.74, 6) is -1.34. The second-order valence-corrected chi connectivity index (χ2v) is 5.60. The van der Waals surface area contributed by atoms with Crippen molar-refractivity contribution in [2.24, 2.45) is 11.5 Å². The van der Waals surface area contributed by atoms with Crippen LogP contribution in [0.5, 0.6) is 17.2 Å². The number of rotatable bonds is 9. The molecule has 0 atom stereocenters. The average molecular weight is 388 g/mol. The third-order valence-corrected chi connectivity index (χ3v) is 3.66. The fraction of sp³-hybridized carbons (Fsp3) is 0.211. The van der Waals surface area contributed by atoms with Crippen LogP contribution in [0.3, 0.4) is 0 Å². The third-order valence-electron chi connectivity index (χ3n) is 3.66. The largest absolute Gasteiger partial charge is 0.493 e. The molecule has 2 aromatic rings. The van der Waals surface area contributed by atoms with Gasteiger partial charge in [-0.15, -0.1) is 0 Å². The molecule has 0 saturated heterocycles. The summed E-state index contributed by atoms with van der Waals surface area (Å²) >= 11 is 0. The van der Waals surface area contributed by atoms with Crippen LogP contribution in [0.1, 0.15) is 26.3 Å². The van der Waals surface area contributed by atoms with Crippen molar-refractivity contribution in [3.8, 4) is 17.2 Å². The van der Waals surface area contributed by atoms with Gasteiger partial charge in [0.25, 0.3) is 5.91 Å². The Labute approximate surface area is 161 Å². The zero-order chi connectivity index (χ0) is 20.7. The molecule has 0 aliphatic heterocycles. The number of hydrogen-bond acceptors (Lipinski definition) is 7. The molecule has 148 valence electrons. The zero-order valence-corrected chi connectivity index (χ0v) is 15.4. The molecule has 2 aromatic carbocycles. The number of carbonyl (C=O) groups excluding carboxylic acids is 3. The van der Waals surface area contributed by atoms with Gasteiger partial charge in [0, 0.05) is 5.56 Å². The fourth-order valence-electron chi connectivity index (χ4n) is 2.28. The van der Waals surface area contributed by atoms with Crippen LogP contribution in [0.2, 0.25) is 0 Å². The molecule has 0 fully saturated rings. The molecule has 0 unspecified atom stereocenters. The van der Waals surface area contributed by atoms with Crippen molar-refractivity contribution in [2.75, 3.05) is 20.8 Å². The molecule has 9 heteroatoms. The Bertz CT molecular complexity index is 853. The number of ether oxygens (including phenoxy) is 4. The van der Waals surface area contributed by atoms with Crippen molar-refractivity contribution in [3.63, 3.8) is 0 Å². The normalized spacial score (nSPS) is 10.1. The molecular weight excluding hydrogens is 368 g/mol. The van der Waals surface area contributed by atoms with E-state index in [1.807, 2.05) is 0 Å². The topological polar surface area (TPSA) is 140 Å². The van der Waals surface area contributed by atoms with E-state index in [-0.39, 0.29) is 36.0 Å². The minimum atomic E-state index is -0.671. The molecule has 0 spiro atoms. The predicted octanol–water partition coefficient (Wildman–Crippen LogP) is 1.02. The maximum absolute atomic E-state index is 12.4. The monoisotopic (exact) mass is 388 g/mol. The van der Waals surface area contributed by atoms with Gasteiger partial charge >= 0.3 is 5.97 Å². The Kier molecular flexibility index (Phi) is 6.80. The number of hydrogen-bond donors (Lipinski definition) is 2. The van der Waals surface area contributed by atoms with E-state index in [4.69, 9.17) is 30.4 Å². The van der Waals surface area contributed by atoms with E-state index < -0.39 is 17.8 Å². The summed E-state index contributed by atoms with van der Waals surface area (Å²) in [5, 5.41) is 0. The minimum absolute atomic E-state index is 0.0115. The highest BCUT2D eigenvalue weighted by Gasteiger charge is 2.19. The lowest BCUT2D eigenvalue weighted by Gasteiger charge is -2.15. The first-order valence-corrected chi connectivity index (χ1v) is 8.08. The van der Waals surface area contributed by atoms with E-state index in [0.717, 1.165) is 0 Å². The van der Waals surface area contributed by atoms with E-state index in [1.54, 1.807) is 24.3 Å². The molecule has 2 rings (SSSR count). The van der Waals surface area contributed by atoms with E-state index in [2.05, 4.69) is 0 Å². The van der Waals surface area contributed by atoms with Gasteiger partial charge in [-0.3, -0.25) is 9.59 Å². The van der Waals surface area contributed by atoms with Gasteiger partial charge in [-0.2, -0.15) is 0 Å². The van der Waals surface area contributed by atoms with Crippen molar-refractivity contribution in [1.82, 2.24) is 0 Å². The van der Waals surface area contributed by atoms with E-state index >= 15 is 0 Å². The Hall–Kier alpha value is -3.75. The SMILES string of the molecule is COc1cc(C(=O)OCc2ccc(C(N)=O)cc2)cc(OC)c1OCC(N)=O. The van der Waals surface area contributed by atoms with Gasteiger partial charge in [-0.05, 0) is 29.8 Å². The lowest BCUT2D eigenvalue weighted by atomic mass is 10.1. The minimum Gasteiger partial charge on any atom is -0.493 e. The fourth-order valence-corrected chi connectivity index (χ4v) is 2.28. The number of benzene rings is 2. The highest BCUT2D eigenvalue weighted by Crippen LogP contribution is 2.38. The molecule has 4 N–H and O–H groups in total. The summed E-state index contributed by atoms with van der Waals surface area (Å²) in [5.41, 5.74) is 11.5. The van der Waals surface area contributed by atoms with Gasteiger partial charge in [-0.1, -0.05) is 12.1 Å². The Morgan fingerprint density at radius 3 is 1.93 bits per heavy atom. The van der Waals surface area contributed by atoms with Crippen molar-refractivity contribution in [1.29, 1.82) is 0 Å². The van der Waals surface area contributed by atoms with Gasteiger partial charge in [0.1, 0.15) is 6.61 Å². The summed E-state index contributed by atoms with van der Waals surface area (Å²) in [6, 6.07) is 9.16. The molecule has 0 radical (unpaired) electrons. The third kappa shape index (κ3) is 5.13. The summed E-state index contributed by atoms with van der Waals surface area (Å²) in [4.78, 5) is 34.4. The first kappa shape index (κ1) is 20.6. The van der Waals surface area contributed by atoms with Gasteiger partial charge in [-0.25, -0.2) is 4.79 Å². The molecule has 0 saturated carbocycles. The molecule has 0 heterocycles. The first-order chi connectivity index (χ1) is 13.3. The van der Waals surface area contributed by atoms with Crippen molar-refractivity contribution >= 4 is 17.8 Å². The molecule has 2 amide bonds. The molecule has 0 aromatic heterocycles. The van der Waals surface area contributed by atoms with Gasteiger partial charge in [0.05, 0.1) is 19.8 Å². The van der Waals surface area contributed by atoms with Crippen LogP contribution >= 0.6 is 0 Å². The van der Waals surface area contributed by atoms with E-state index in [9.17, 15) is 14.4 Å². The molecule has 0 bridgehead atoms. The molecule has 0 aliphatic carbocycles. The van der Waals surface area contributed by atoms with Crippen LogP contribution < -0.4 is 25.7 Å². The second-order valence-electron chi connectivity index (χ2n) is 5.60. The summed E-state index contributed by atoms with van der Waals surface area (Å²) < 4.78 is 21.0. The van der Waals surface area contributed by atoms with Crippen molar-refractivity contribution in [3.05, 3.63) is 53.1 Å². The highest BCUT2D eigenvalue weighted by atomic mass is 16.5. The lowest BCUT2D eigenvalue weighted by Crippen LogP contribution is -2.20. The van der Waals surface area contributed by atoms with Crippen LogP contribution in [-0.4, -0.2) is 38.6 Å². The van der Waals surface area contributed by atoms with Crippen LogP contribution in [0.15, 0.2) is 36.4 Å². The standard InChI is InChI=1S/C19H20N2O7/c1-25-14-7-13(8-15(26-2)17(14)27-10-16(20)22)19(24)28-9-11-3-5-12(6-4-11)18(21)23/h3-8H,9-10H2,1-2H3,(H2,20,22)(H2,21,23). The van der Waals surface area contributed by atoms with Crippen LogP contribution in [-0.2, 0) is 16.1 Å². The van der Waals surface area contributed by atoms with Gasteiger partial charge in [0.2, 0.25) is 11.7 Å². The number of amides is 2. The zero-order valence-electron chi connectivity index (χ0n) is 15.4. The Morgan fingerprint density at radius 1 is 0.893 bits per heavy atom. The molecular formula is C19H20N2O7. The maximum Gasteiger partial charge on any atom is 0.338 e. The quantitative estimate of drug-likeness (QED) is 0.611. The van der Waals surface area contributed by atoms with Crippen molar-refractivity contribution in [2.45, 2.75) is 6.61 Å². The molecule has 28 heavy (non-hydrogen) atoms. The van der Waals surface area contributed by atoms with Crippen LogP contribution in [0.25, 0.3) is 0 Å². The molecule has 9 nitrogen and oxygen atoms in total. The predicted molar refractivity (Wildman–Crippen MR) is 98.3 cm³/mol. The number of nitrogens with two attached hydrogens (primary N) is 2. The number of primary amides is 2. The Morgan fingerprint density at radius 2 is 1.46 bits per heavy atom. The Balaban J connectivity index is 2.15. The highest BCUT2D eigenvalue weighted by molar-refractivity contribution is 5.93. The van der Waals surface area contributed by atoms with Gasteiger partial charge in [0.15, 0.2) is 18.1 Å². The summed E-state index contributed by atoms with van der Waals surface area (Å²) in [7, 11) is 2.75. The lowest BCUT2D eigenvalue weighted by molar-refractivity contribution is -0.120. The molecule has 0 aliphatic rings. The number of methoxy groups -OCH3 is 2. The van der Waals surface area contributed by atoms with Gasteiger partial charge < -0.3 is 30.4 Å². The average Bonchev–Trinajstić information content (AvgIpc) is 2.69. The van der Waals surface area contributed by atoms with Crippen molar-refractivity contribution < 1.29 is 33.3 Å². The van der Waals surface area contributed by atoms with E-state index in [1.165, 1.54) is 26.4 Å². The van der Waals surface area contributed by atoms with Crippen LogP contribution in [0, 0.1) is 0 Å². The second kappa shape index (κ2) is 9.26.